The van der Waals surface area contributed by atoms with Gasteiger partial charge in [-0.15, -0.1) is 0 Å². The summed E-state index contributed by atoms with van der Waals surface area (Å²) in [5.74, 6) is 2.85. The summed E-state index contributed by atoms with van der Waals surface area (Å²) in [6.07, 6.45) is 7.19. The van der Waals surface area contributed by atoms with E-state index in [0.29, 0.717) is 0 Å². The second-order valence-electron chi connectivity index (χ2n) is 5.79. The van der Waals surface area contributed by atoms with Crippen LogP contribution in [-0.2, 0) is 0 Å². The van der Waals surface area contributed by atoms with E-state index in [1.54, 1.807) is 0 Å². The van der Waals surface area contributed by atoms with Crippen LogP contribution in [-0.4, -0.2) is 12.1 Å². The SMILES string of the molecule is CC1CCC(NC(C)C2CC2)C(C)C1. The fourth-order valence-corrected chi connectivity index (χ4v) is 2.98. The summed E-state index contributed by atoms with van der Waals surface area (Å²) in [6.45, 7) is 7.20. The molecular formula is C13H25N. The first kappa shape index (κ1) is 10.5. The minimum absolute atomic E-state index is 0.774. The van der Waals surface area contributed by atoms with Crippen LogP contribution in [0.4, 0.5) is 0 Å². The zero-order valence-electron chi connectivity index (χ0n) is 9.92. The minimum atomic E-state index is 0.774. The molecule has 0 spiro atoms. The van der Waals surface area contributed by atoms with E-state index < -0.39 is 0 Å². The number of rotatable bonds is 3. The van der Waals surface area contributed by atoms with Crippen LogP contribution in [0.5, 0.6) is 0 Å². The maximum absolute atomic E-state index is 3.85. The largest absolute Gasteiger partial charge is 0.311 e. The van der Waals surface area contributed by atoms with Crippen LogP contribution in [0.3, 0.4) is 0 Å². The first-order chi connectivity index (χ1) is 6.66. The molecule has 1 N–H and O–H groups in total. The third-order valence-electron chi connectivity index (χ3n) is 4.24. The maximum Gasteiger partial charge on any atom is 0.00954 e. The predicted octanol–water partition coefficient (Wildman–Crippen LogP) is 3.20. The van der Waals surface area contributed by atoms with Crippen molar-refractivity contribution in [2.75, 3.05) is 0 Å². The Morgan fingerprint density at radius 3 is 2.36 bits per heavy atom. The molecule has 2 rings (SSSR count). The molecule has 2 aliphatic carbocycles. The van der Waals surface area contributed by atoms with Crippen LogP contribution in [0.25, 0.3) is 0 Å². The van der Waals surface area contributed by atoms with Gasteiger partial charge < -0.3 is 5.32 Å². The van der Waals surface area contributed by atoms with Gasteiger partial charge in [-0.2, -0.15) is 0 Å². The highest BCUT2D eigenvalue weighted by atomic mass is 15.0. The fourth-order valence-electron chi connectivity index (χ4n) is 2.98. The molecule has 0 aromatic heterocycles. The molecule has 1 nitrogen and oxygen atoms in total. The maximum atomic E-state index is 3.85. The topological polar surface area (TPSA) is 12.0 Å². The zero-order valence-corrected chi connectivity index (χ0v) is 9.92. The van der Waals surface area contributed by atoms with Crippen molar-refractivity contribution in [1.82, 2.24) is 5.32 Å². The van der Waals surface area contributed by atoms with Gasteiger partial charge in [0, 0.05) is 12.1 Å². The van der Waals surface area contributed by atoms with E-state index in [9.17, 15) is 0 Å². The zero-order chi connectivity index (χ0) is 10.1. The van der Waals surface area contributed by atoms with Crippen molar-refractivity contribution in [2.24, 2.45) is 17.8 Å². The summed E-state index contributed by atoms with van der Waals surface area (Å²) < 4.78 is 0. The smallest absolute Gasteiger partial charge is 0.00954 e. The lowest BCUT2D eigenvalue weighted by Gasteiger charge is -2.35. The van der Waals surface area contributed by atoms with E-state index in [-0.39, 0.29) is 0 Å². The standard InChI is InChI=1S/C13H25N/c1-9-4-7-13(10(2)8-9)14-11(3)12-5-6-12/h9-14H,4-8H2,1-3H3. The molecule has 82 valence electrons. The molecule has 14 heavy (non-hydrogen) atoms. The van der Waals surface area contributed by atoms with Crippen LogP contribution in [0.15, 0.2) is 0 Å². The average Bonchev–Trinajstić information content (AvgIpc) is 2.92. The molecule has 2 aliphatic rings. The van der Waals surface area contributed by atoms with Crippen LogP contribution >= 0.6 is 0 Å². The molecular weight excluding hydrogens is 170 g/mol. The monoisotopic (exact) mass is 195 g/mol. The van der Waals surface area contributed by atoms with Gasteiger partial charge in [-0.1, -0.05) is 13.8 Å². The van der Waals surface area contributed by atoms with Crippen molar-refractivity contribution in [1.29, 1.82) is 0 Å². The van der Waals surface area contributed by atoms with Crippen LogP contribution in [0.1, 0.15) is 52.9 Å². The minimum Gasteiger partial charge on any atom is -0.311 e. The lowest BCUT2D eigenvalue weighted by Crippen LogP contribution is -2.44. The molecule has 4 unspecified atom stereocenters. The molecule has 4 atom stereocenters. The van der Waals surface area contributed by atoms with E-state index in [1.165, 1.54) is 32.1 Å². The Labute approximate surface area is 88.7 Å². The number of hydrogen-bond donors (Lipinski definition) is 1. The molecule has 0 aliphatic heterocycles. The Morgan fingerprint density at radius 1 is 1.07 bits per heavy atom. The molecule has 0 bridgehead atoms. The molecule has 0 radical (unpaired) electrons. The highest BCUT2D eigenvalue weighted by Crippen LogP contribution is 2.34. The molecule has 0 aromatic carbocycles. The van der Waals surface area contributed by atoms with E-state index in [1.807, 2.05) is 0 Å². The van der Waals surface area contributed by atoms with Crippen LogP contribution < -0.4 is 5.32 Å². The molecule has 0 amide bonds. The molecule has 0 saturated heterocycles. The third kappa shape index (κ3) is 2.50. The summed E-state index contributed by atoms with van der Waals surface area (Å²) in [7, 11) is 0. The Hall–Kier alpha value is -0.0400. The van der Waals surface area contributed by atoms with Gasteiger partial charge in [-0.3, -0.25) is 0 Å². The van der Waals surface area contributed by atoms with Gasteiger partial charge in [-0.05, 0) is 56.8 Å². The Kier molecular flexibility index (Phi) is 3.16. The number of hydrogen-bond acceptors (Lipinski definition) is 1. The van der Waals surface area contributed by atoms with Crippen molar-refractivity contribution in [3.8, 4) is 0 Å². The summed E-state index contributed by atoms with van der Waals surface area (Å²) in [5.41, 5.74) is 0. The fraction of sp³-hybridized carbons (Fsp3) is 1.00. The van der Waals surface area contributed by atoms with Gasteiger partial charge in [0.1, 0.15) is 0 Å². The highest BCUT2D eigenvalue weighted by Gasteiger charge is 2.32. The third-order valence-corrected chi connectivity index (χ3v) is 4.24. The molecule has 2 saturated carbocycles. The summed E-state index contributed by atoms with van der Waals surface area (Å²) in [5, 5.41) is 3.85. The predicted molar refractivity (Wildman–Crippen MR) is 61.3 cm³/mol. The molecule has 1 heteroatoms. The second kappa shape index (κ2) is 4.22. The van der Waals surface area contributed by atoms with Gasteiger partial charge >= 0.3 is 0 Å². The van der Waals surface area contributed by atoms with Crippen LogP contribution in [0.2, 0.25) is 0 Å². The Balaban J connectivity index is 1.78. The normalized spacial score (nSPS) is 40.9. The van der Waals surface area contributed by atoms with Crippen molar-refractivity contribution in [3.05, 3.63) is 0 Å². The van der Waals surface area contributed by atoms with Gasteiger partial charge in [0.25, 0.3) is 0 Å². The first-order valence-electron chi connectivity index (χ1n) is 6.43. The van der Waals surface area contributed by atoms with Gasteiger partial charge in [0.2, 0.25) is 0 Å². The van der Waals surface area contributed by atoms with E-state index in [0.717, 1.165) is 29.8 Å². The van der Waals surface area contributed by atoms with Crippen molar-refractivity contribution >= 4 is 0 Å². The van der Waals surface area contributed by atoms with Crippen molar-refractivity contribution < 1.29 is 0 Å². The first-order valence-corrected chi connectivity index (χ1v) is 6.43. The summed E-state index contributed by atoms with van der Waals surface area (Å²) in [4.78, 5) is 0. The second-order valence-corrected chi connectivity index (χ2v) is 5.79. The van der Waals surface area contributed by atoms with Gasteiger partial charge in [0.15, 0.2) is 0 Å². The molecule has 0 aromatic rings. The van der Waals surface area contributed by atoms with Gasteiger partial charge in [0.05, 0.1) is 0 Å². The van der Waals surface area contributed by atoms with Crippen molar-refractivity contribution in [2.45, 2.75) is 65.0 Å². The Morgan fingerprint density at radius 2 is 1.79 bits per heavy atom. The van der Waals surface area contributed by atoms with E-state index >= 15 is 0 Å². The average molecular weight is 195 g/mol. The summed E-state index contributed by atoms with van der Waals surface area (Å²) >= 11 is 0. The van der Waals surface area contributed by atoms with Crippen molar-refractivity contribution in [3.63, 3.8) is 0 Å². The lowest BCUT2D eigenvalue weighted by atomic mass is 9.79. The quantitative estimate of drug-likeness (QED) is 0.729. The number of nitrogens with one attached hydrogen (secondary N) is 1. The Bertz CT molecular complexity index is 186. The molecule has 2 fully saturated rings. The summed E-state index contributed by atoms with van der Waals surface area (Å²) in [6, 6.07) is 1.58. The van der Waals surface area contributed by atoms with E-state index in [2.05, 4.69) is 26.1 Å². The van der Waals surface area contributed by atoms with Crippen LogP contribution in [0, 0.1) is 17.8 Å². The highest BCUT2D eigenvalue weighted by molar-refractivity contribution is 4.88. The molecule has 0 heterocycles. The lowest BCUT2D eigenvalue weighted by molar-refractivity contribution is 0.211. The van der Waals surface area contributed by atoms with Gasteiger partial charge in [-0.25, -0.2) is 0 Å². The van der Waals surface area contributed by atoms with E-state index in [4.69, 9.17) is 0 Å².